The summed E-state index contributed by atoms with van der Waals surface area (Å²) in [5, 5.41) is 9.25. The minimum Gasteiger partial charge on any atom is -0.391 e. The number of aliphatic hydroxyl groups is 1. The number of carbonyl (C=O) groups is 2. The third-order valence-corrected chi connectivity index (χ3v) is 5.07. The van der Waals surface area contributed by atoms with E-state index < -0.39 is 23.3 Å². The molecule has 6 heteroatoms. The van der Waals surface area contributed by atoms with Gasteiger partial charge in [-0.25, -0.2) is 10.9 Å². The molecule has 1 aliphatic rings. The lowest BCUT2D eigenvalue weighted by Crippen LogP contribution is -2.56. The summed E-state index contributed by atoms with van der Waals surface area (Å²) in [5.74, 6) is 0.237. The predicted molar refractivity (Wildman–Crippen MR) is 101 cm³/mol. The molecule has 25 heavy (non-hydrogen) atoms. The second-order valence-corrected chi connectivity index (χ2v) is 7.27. The molecular formula is C19H28N2O3S. The smallest absolute Gasteiger partial charge is 0.206 e. The molecule has 0 amide bonds. The lowest BCUT2D eigenvalue weighted by atomic mass is 9.82. The second-order valence-electron chi connectivity index (χ2n) is 6.82. The molecule has 1 aliphatic carbocycles. The van der Waals surface area contributed by atoms with E-state index in [9.17, 15) is 14.7 Å². The molecule has 0 radical (unpaired) electrons. The van der Waals surface area contributed by atoms with E-state index in [1.165, 1.54) is 13.3 Å². The number of thiol groups is 1. The summed E-state index contributed by atoms with van der Waals surface area (Å²) in [6.45, 7) is 1.52. The van der Waals surface area contributed by atoms with E-state index in [4.69, 9.17) is 0 Å². The standard InChI is InChI=1S/C19H28N2O3S/c1-13(22)17(19(24)25)21-20-16(12-14-8-4-2-5-9-14)18(23)15-10-6-3-7-11-15/h2,4-5,8-9,13,15-17,20-22H,3,6-7,10-12H2,1H3,(H,24,25)/t13-,16+,17+/m1/s1. The molecule has 5 nitrogen and oxygen atoms in total. The highest BCUT2D eigenvalue weighted by molar-refractivity contribution is 7.96. The van der Waals surface area contributed by atoms with E-state index in [1.54, 1.807) is 0 Å². The molecule has 138 valence electrons. The number of hydrogen-bond acceptors (Lipinski definition) is 5. The van der Waals surface area contributed by atoms with E-state index in [0.717, 1.165) is 31.2 Å². The molecule has 0 unspecified atom stereocenters. The van der Waals surface area contributed by atoms with E-state index in [0.29, 0.717) is 6.42 Å². The monoisotopic (exact) mass is 364 g/mol. The number of hydrazine groups is 1. The van der Waals surface area contributed by atoms with Gasteiger partial charge in [0.15, 0.2) is 5.78 Å². The summed E-state index contributed by atoms with van der Waals surface area (Å²) in [7, 11) is 0. The van der Waals surface area contributed by atoms with Gasteiger partial charge in [-0.3, -0.25) is 9.59 Å². The lowest BCUT2D eigenvalue weighted by molar-refractivity contribution is -0.127. The Balaban J connectivity index is 2.07. The molecule has 0 spiro atoms. The van der Waals surface area contributed by atoms with E-state index in [1.807, 2.05) is 30.3 Å². The average Bonchev–Trinajstić information content (AvgIpc) is 2.61. The van der Waals surface area contributed by atoms with Crippen LogP contribution >= 0.6 is 12.6 Å². The van der Waals surface area contributed by atoms with E-state index >= 15 is 0 Å². The van der Waals surface area contributed by atoms with Gasteiger partial charge in [-0.15, -0.1) is 12.6 Å². The van der Waals surface area contributed by atoms with Crippen LogP contribution in [0, 0.1) is 5.92 Å². The van der Waals surface area contributed by atoms with E-state index in [-0.39, 0.29) is 11.7 Å². The maximum atomic E-state index is 13.0. The zero-order chi connectivity index (χ0) is 18.2. The van der Waals surface area contributed by atoms with Gasteiger partial charge in [0, 0.05) is 5.92 Å². The van der Waals surface area contributed by atoms with Crippen LogP contribution < -0.4 is 10.9 Å². The zero-order valence-electron chi connectivity index (χ0n) is 14.6. The number of carbonyl (C=O) groups excluding carboxylic acids is 2. The van der Waals surface area contributed by atoms with Gasteiger partial charge < -0.3 is 5.11 Å². The molecule has 1 saturated carbocycles. The summed E-state index contributed by atoms with van der Waals surface area (Å²) < 4.78 is 0. The first-order valence-electron chi connectivity index (χ1n) is 8.98. The van der Waals surface area contributed by atoms with Crippen molar-refractivity contribution in [3.8, 4) is 0 Å². The Labute approximate surface area is 155 Å². The Morgan fingerprint density at radius 3 is 2.36 bits per heavy atom. The van der Waals surface area contributed by atoms with Crippen LogP contribution in [0.25, 0.3) is 0 Å². The first-order valence-corrected chi connectivity index (χ1v) is 9.43. The predicted octanol–water partition coefficient (Wildman–Crippen LogP) is 2.05. The largest absolute Gasteiger partial charge is 0.391 e. The van der Waals surface area contributed by atoms with Crippen molar-refractivity contribution in [2.24, 2.45) is 5.92 Å². The zero-order valence-corrected chi connectivity index (χ0v) is 15.5. The Morgan fingerprint density at radius 2 is 1.80 bits per heavy atom. The summed E-state index contributed by atoms with van der Waals surface area (Å²) in [6.07, 6.45) is 4.86. The number of ketones is 1. The minimum atomic E-state index is -0.903. The highest BCUT2D eigenvalue weighted by Gasteiger charge is 2.30. The SMILES string of the molecule is C[C@@H](O)[C@H](NN[C@@H](Cc1ccccc1)C(=O)C1CCCCC1)C(=O)S. The topological polar surface area (TPSA) is 78.4 Å². The van der Waals surface area contributed by atoms with Gasteiger partial charge in [-0.1, -0.05) is 49.6 Å². The summed E-state index contributed by atoms with van der Waals surface area (Å²) >= 11 is 3.80. The molecule has 1 aromatic rings. The van der Waals surface area contributed by atoms with Gasteiger partial charge in [-0.2, -0.15) is 0 Å². The Kier molecular flexibility index (Phi) is 8.09. The first kappa shape index (κ1) is 20.1. The van der Waals surface area contributed by atoms with Gasteiger partial charge in [0.1, 0.15) is 6.04 Å². The van der Waals surface area contributed by atoms with Crippen molar-refractivity contribution in [2.45, 2.75) is 63.6 Å². The third-order valence-electron chi connectivity index (χ3n) is 4.80. The van der Waals surface area contributed by atoms with Crippen LogP contribution in [0.5, 0.6) is 0 Å². The van der Waals surface area contributed by atoms with Crippen molar-refractivity contribution in [1.29, 1.82) is 0 Å². The molecule has 0 aromatic heterocycles. The number of benzene rings is 1. The molecule has 0 heterocycles. The maximum Gasteiger partial charge on any atom is 0.206 e. The van der Waals surface area contributed by atoms with Crippen molar-refractivity contribution in [2.75, 3.05) is 0 Å². The van der Waals surface area contributed by atoms with E-state index in [2.05, 4.69) is 23.5 Å². The van der Waals surface area contributed by atoms with Gasteiger partial charge in [0.05, 0.1) is 12.1 Å². The Hall–Kier alpha value is -1.21. The fourth-order valence-electron chi connectivity index (χ4n) is 3.32. The van der Waals surface area contributed by atoms with Crippen molar-refractivity contribution < 1.29 is 14.7 Å². The van der Waals surface area contributed by atoms with Gasteiger partial charge in [-0.05, 0) is 31.7 Å². The molecule has 0 aliphatic heterocycles. The Bertz CT molecular complexity index is 559. The van der Waals surface area contributed by atoms with Crippen LogP contribution in [0.3, 0.4) is 0 Å². The number of hydrogen-bond donors (Lipinski definition) is 4. The lowest BCUT2D eigenvalue weighted by Gasteiger charge is -2.28. The molecule has 3 atom stereocenters. The van der Waals surface area contributed by atoms with Gasteiger partial charge in [0.2, 0.25) is 5.12 Å². The van der Waals surface area contributed by atoms with Crippen LogP contribution in [-0.4, -0.2) is 34.2 Å². The minimum absolute atomic E-state index is 0.0634. The summed E-state index contributed by atoms with van der Waals surface area (Å²) in [6, 6.07) is 8.50. The van der Waals surface area contributed by atoms with Crippen LogP contribution in [0.15, 0.2) is 30.3 Å². The molecule has 2 rings (SSSR count). The quantitative estimate of drug-likeness (QED) is 0.398. The van der Waals surface area contributed by atoms with Crippen molar-refractivity contribution >= 4 is 23.5 Å². The Morgan fingerprint density at radius 1 is 1.16 bits per heavy atom. The molecule has 0 bridgehead atoms. The van der Waals surface area contributed by atoms with Crippen molar-refractivity contribution in [3.63, 3.8) is 0 Å². The number of nitrogens with one attached hydrogen (secondary N) is 2. The molecule has 0 saturated heterocycles. The number of rotatable bonds is 9. The molecular weight excluding hydrogens is 336 g/mol. The fourth-order valence-corrected chi connectivity index (χ4v) is 3.60. The average molecular weight is 365 g/mol. The van der Waals surface area contributed by atoms with Gasteiger partial charge >= 0.3 is 0 Å². The third kappa shape index (κ3) is 6.22. The van der Waals surface area contributed by atoms with Gasteiger partial charge in [0.25, 0.3) is 0 Å². The number of aliphatic hydroxyl groups excluding tert-OH is 1. The second kappa shape index (κ2) is 10.1. The fraction of sp³-hybridized carbons (Fsp3) is 0.579. The normalized spacial score (nSPS) is 19.2. The van der Waals surface area contributed by atoms with Crippen LogP contribution in [0.1, 0.15) is 44.6 Å². The summed E-state index contributed by atoms with van der Waals surface area (Å²) in [4.78, 5) is 24.5. The molecule has 3 N–H and O–H groups in total. The highest BCUT2D eigenvalue weighted by Crippen LogP contribution is 2.26. The highest BCUT2D eigenvalue weighted by atomic mass is 32.1. The van der Waals surface area contributed by atoms with Crippen molar-refractivity contribution in [3.05, 3.63) is 35.9 Å². The van der Waals surface area contributed by atoms with Crippen LogP contribution in [-0.2, 0) is 16.0 Å². The first-order chi connectivity index (χ1) is 12.0. The molecule has 1 aromatic carbocycles. The van der Waals surface area contributed by atoms with Crippen LogP contribution in [0.2, 0.25) is 0 Å². The number of Topliss-reactive ketones (excluding diaryl/α,β-unsaturated/α-hetero) is 1. The molecule has 1 fully saturated rings. The summed E-state index contributed by atoms with van der Waals surface area (Å²) in [5.41, 5.74) is 6.86. The maximum absolute atomic E-state index is 13.0. The van der Waals surface area contributed by atoms with Crippen molar-refractivity contribution in [1.82, 2.24) is 10.9 Å². The van der Waals surface area contributed by atoms with Crippen LogP contribution in [0.4, 0.5) is 0 Å².